The van der Waals surface area contributed by atoms with Crippen molar-refractivity contribution in [1.29, 1.82) is 0 Å². The fraction of sp³-hybridized carbons (Fsp3) is 0.808. The third-order valence-electron chi connectivity index (χ3n) is 10.9. The molecule has 11 heteroatoms. The first-order valence-electron chi connectivity index (χ1n) is 25.6. The average molecular weight is 911 g/mol. The number of phosphoric ester groups is 1. The maximum Gasteiger partial charge on any atom is 0.472 e. The number of esters is 2. The zero-order valence-corrected chi connectivity index (χ0v) is 41.2. The maximum atomic E-state index is 12.7. The Labute approximate surface area is 385 Å². The Morgan fingerprint density at radius 2 is 0.841 bits per heavy atom. The molecule has 3 N–H and O–H groups in total. The number of aliphatic hydroxyl groups is 2. The van der Waals surface area contributed by atoms with E-state index in [0.717, 1.165) is 38.5 Å². The molecule has 63 heavy (non-hydrogen) atoms. The molecule has 0 aliphatic rings. The maximum absolute atomic E-state index is 12.7. The Morgan fingerprint density at radius 1 is 0.476 bits per heavy atom. The lowest BCUT2D eigenvalue weighted by Crippen LogP contribution is -2.29. The van der Waals surface area contributed by atoms with E-state index in [4.69, 9.17) is 23.6 Å². The van der Waals surface area contributed by atoms with Crippen LogP contribution in [0.25, 0.3) is 0 Å². The largest absolute Gasteiger partial charge is 0.472 e. The molecule has 0 aliphatic carbocycles. The molecule has 0 aromatic carbocycles. The van der Waals surface area contributed by atoms with E-state index in [-0.39, 0.29) is 19.4 Å². The lowest BCUT2D eigenvalue weighted by Gasteiger charge is -2.20. The summed E-state index contributed by atoms with van der Waals surface area (Å²) in [5, 5.41) is 18.4. The molecule has 0 rings (SSSR count). The molecule has 0 spiro atoms. The Morgan fingerprint density at radius 3 is 1.29 bits per heavy atom. The second-order valence-electron chi connectivity index (χ2n) is 17.2. The molecule has 0 saturated heterocycles. The molecule has 0 amide bonds. The molecule has 0 fully saturated rings. The van der Waals surface area contributed by atoms with Gasteiger partial charge in [-0.25, -0.2) is 4.57 Å². The van der Waals surface area contributed by atoms with Crippen molar-refractivity contribution in [3.05, 3.63) is 48.6 Å². The molecular formula is C52H95O10P. The van der Waals surface area contributed by atoms with Gasteiger partial charge < -0.3 is 24.6 Å². The van der Waals surface area contributed by atoms with Crippen LogP contribution in [-0.4, -0.2) is 65.7 Å². The molecule has 0 bridgehead atoms. The summed E-state index contributed by atoms with van der Waals surface area (Å²) >= 11 is 0. The summed E-state index contributed by atoms with van der Waals surface area (Å²) in [7, 11) is -4.64. The van der Waals surface area contributed by atoms with E-state index < -0.39 is 51.8 Å². The van der Waals surface area contributed by atoms with Gasteiger partial charge in [-0.2, -0.15) is 0 Å². The van der Waals surface area contributed by atoms with Crippen molar-refractivity contribution in [3.63, 3.8) is 0 Å². The minimum Gasteiger partial charge on any atom is -0.462 e. The molecule has 0 saturated carbocycles. The van der Waals surface area contributed by atoms with Crippen molar-refractivity contribution in [2.24, 2.45) is 0 Å². The monoisotopic (exact) mass is 911 g/mol. The van der Waals surface area contributed by atoms with Gasteiger partial charge in [0.15, 0.2) is 6.10 Å². The van der Waals surface area contributed by atoms with Gasteiger partial charge in [0, 0.05) is 12.8 Å². The van der Waals surface area contributed by atoms with E-state index in [2.05, 4.69) is 62.5 Å². The number of unbranched alkanes of at least 4 members (excludes halogenated alkanes) is 26. The van der Waals surface area contributed by atoms with Crippen molar-refractivity contribution < 1.29 is 47.8 Å². The van der Waals surface area contributed by atoms with Crippen LogP contribution in [-0.2, 0) is 32.7 Å². The number of rotatable bonds is 48. The van der Waals surface area contributed by atoms with Crippen molar-refractivity contribution in [1.82, 2.24) is 0 Å². The second kappa shape index (κ2) is 47.9. The summed E-state index contributed by atoms with van der Waals surface area (Å²) < 4.78 is 32.7. The standard InChI is InChI=1S/C52H95O10P/c1-3-5-7-9-11-13-15-17-19-21-22-23-24-25-26-28-30-32-34-36-38-40-42-44-52(56)62-50(48-61-63(57,58)60-46-49(54)45-53)47-59-51(55)43-41-39-37-35-33-31-29-27-20-18-16-14-12-10-8-6-4-2/h28-31,35-38,49-50,53-54H,3-27,32-34,39-48H2,1-2H3,(H,57,58)/b30-28+,31-29+,37-35+,38-36+/t49-,50+/m0/s1. The third kappa shape index (κ3) is 47.7. The van der Waals surface area contributed by atoms with Gasteiger partial charge in [0.05, 0.1) is 19.8 Å². The van der Waals surface area contributed by atoms with Crippen LogP contribution in [0, 0.1) is 0 Å². The minimum absolute atomic E-state index is 0.116. The van der Waals surface area contributed by atoms with Crippen molar-refractivity contribution in [2.75, 3.05) is 26.4 Å². The first kappa shape index (κ1) is 60.9. The second-order valence-corrected chi connectivity index (χ2v) is 18.6. The van der Waals surface area contributed by atoms with Gasteiger partial charge in [-0.05, 0) is 70.6 Å². The van der Waals surface area contributed by atoms with Gasteiger partial charge in [0.2, 0.25) is 0 Å². The average Bonchev–Trinajstić information content (AvgIpc) is 3.27. The highest BCUT2D eigenvalue weighted by atomic mass is 31.2. The van der Waals surface area contributed by atoms with Gasteiger partial charge >= 0.3 is 19.8 Å². The lowest BCUT2D eigenvalue weighted by molar-refractivity contribution is -0.161. The van der Waals surface area contributed by atoms with E-state index in [9.17, 15) is 24.2 Å². The fourth-order valence-electron chi connectivity index (χ4n) is 7.00. The highest BCUT2D eigenvalue weighted by Gasteiger charge is 2.27. The number of carbonyl (C=O) groups is 2. The number of hydrogen-bond donors (Lipinski definition) is 3. The van der Waals surface area contributed by atoms with Crippen LogP contribution in [0.15, 0.2) is 48.6 Å². The van der Waals surface area contributed by atoms with Gasteiger partial charge in [0.1, 0.15) is 12.7 Å². The molecule has 0 radical (unpaired) electrons. The normalized spacial score (nSPS) is 14.0. The molecule has 0 heterocycles. The quantitative estimate of drug-likeness (QED) is 0.0233. The van der Waals surface area contributed by atoms with Crippen LogP contribution < -0.4 is 0 Å². The summed E-state index contributed by atoms with van der Waals surface area (Å²) in [5.41, 5.74) is 0. The van der Waals surface area contributed by atoms with E-state index >= 15 is 0 Å². The zero-order valence-electron chi connectivity index (χ0n) is 40.3. The van der Waals surface area contributed by atoms with Crippen molar-refractivity contribution in [2.45, 2.75) is 244 Å². The predicted molar refractivity (Wildman–Crippen MR) is 261 cm³/mol. The summed E-state index contributed by atoms with van der Waals surface area (Å²) in [5.74, 6) is -1.02. The van der Waals surface area contributed by atoms with Crippen molar-refractivity contribution >= 4 is 19.8 Å². The van der Waals surface area contributed by atoms with E-state index in [1.54, 1.807) is 0 Å². The minimum atomic E-state index is -4.64. The smallest absolute Gasteiger partial charge is 0.462 e. The number of ether oxygens (including phenoxy) is 2. The lowest BCUT2D eigenvalue weighted by atomic mass is 10.0. The number of aliphatic hydroxyl groups excluding tert-OH is 2. The zero-order chi connectivity index (χ0) is 46.2. The van der Waals surface area contributed by atoms with Crippen LogP contribution >= 0.6 is 7.82 Å². The number of carbonyl (C=O) groups excluding carboxylic acids is 2. The Balaban J connectivity index is 4.28. The van der Waals surface area contributed by atoms with E-state index in [0.29, 0.717) is 19.3 Å². The molecule has 10 nitrogen and oxygen atoms in total. The van der Waals surface area contributed by atoms with Crippen LogP contribution in [0.5, 0.6) is 0 Å². The molecule has 1 unspecified atom stereocenters. The van der Waals surface area contributed by atoms with E-state index in [1.165, 1.54) is 148 Å². The molecule has 0 aromatic rings. The van der Waals surface area contributed by atoms with Crippen molar-refractivity contribution in [3.8, 4) is 0 Å². The summed E-state index contributed by atoms with van der Waals surface area (Å²) in [4.78, 5) is 35.1. The number of hydrogen-bond acceptors (Lipinski definition) is 9. The molecule has 0 aromatic heterocycles. The number of allylic oxidation sites excluding steroid dienone is 8. The Bertz CT molecular complexity index is 1190. The molecule has 0 aliphatic heterocycles. The van der Waals surface area contributed by atoms with Crippen LogP contribution in [0.4, 0.5) is 0 Å². The molecule has 3 atom stereocenters. The summed E-state index contributed by atoms with van der Waals surface area (Å²) in [6.45, 7) is 2.32. The first-order chi connectivity index (χ1) is 30.7. The molecule has 368 valence electrons. The van der Waals surface area contributed by atoms with Crippen LogP contribution in [0.2, 0.25) is 0 Å². The Kier molecular flexibility index (Phi) is 46.3. The molecular weight excluding hydrogens is 816 g/mol. The number of phosphoric acid groups is 1. The van der Waals surface area contributed by atoms with Gasteiger partial charge in [-0.3, -0.25) is 18.6 Å². The SMILES string of the molecule is CCCCCCCCCCC/C=C/C/C=C/CCCC(=O)OC[C@H](COP(=O)(O)OC[C@@H](O)CO)OC(=O)CCC/C=C/CC/C=C/CCCCCCCCCCCCCCCC. The summed E-state index contributed by atoms with van der Waals surface area (Å²) in [6, 6.07) is 0. The Hall–Kier alpha value is -2.07. The van der Waals surface area contributed by atoms with Crippen LogP contribution in [0.1, 0.15) is 232 Å². The van der Waals surface area contributed by atoms with E-state index in [1.807, 2.05) is 0 Å². The topological polar surface area (TPSA) is 149 Å². The highest BCUT2D eigenvalue weighted by molar-refractivity contribution is 7.47. The summed E-state index contributed by atoms with van der Waals surface area (Å²) in [6.07, 6.45) is 53.9. The third-order valence-corrected chi connectivity index (χ3v) is 11.9. The highest BCUT2D eigenvalue weighted by Crippen LogP contribution is 2.43. The first-order valence-corrected chi connectivity index (χ1v) is 27.1. The fourth-order valence-corrected chi connectivity index (χ4v) is 7.78. The van der Waals surface area contributed by atoms with Gasteiger partial charge in [-0.15, -0.1) is 0 Å². The van der Waals surface area contributed by atoms with Crippen LogP contribution in [0.3, 0.4) is 0 Å². The predicted octanol–water partition coefficient (Wildman–Crippen LogP) is 14.5. The van der Waals surface area contributed by atoms with Gasteiger partial charge in [-0.1, -0.05) is 197 Å². The van der Waals surface area contributed by atoms with Gasteiger partial charge in [0.25, 0.3) is 0 Å².